The summed E-state index contributed by atoms with van der Waals surface area (Å²) in [6, 6.07) is 12.3. The molecule has 24 heavy (non-hydrogen) atoms. The molecule has 121 valence electrons. The summed E-state index contributed by atoms with van der Waals surface area (Å²) in [6.45, 7) is 0. The van der Waals surface area contributed by atoms with Gasteiger partial charge in [-0.15, -0.1) is 0 Å². The molecule has 5 nitrogen and oxygen atoms in total. The predicted molar refractivity (Wildman–Crippen MR) is 93.6 cm³/mol. The fourth-order valence-corrected chi connectivity index (χ4v) is 2.20. The number of carboxylic acids is 1. The Morgan fingerprint density at radius 2 is 1.58 bits per heavy atom. The zero-order valence-electron chi connectivity index (χ0n) is 12.5. The number of aliphatic hydroxyl groups excluding tert-OH is 1. The Bertz CT molecular complexity index is 693. The SMILES string of the molecule is O=C(O)Cc1ccccc1Nc1c(Cl)cccc1Cl.[B]C(=N)O.[Y]. The van der Waals surface area contributed by atoms with E-state index < -0.39 is 11.8 Å². The molecule has 0 bridgehead atoms. The van der Waals surface area contributed by atoms with Crippen LogP contribution >= 0.6 is 23.2 Å². The zero-order valence-corrected chi connectivity index (χ0v) is 16.8. The van der Waals surface area contributed by atoms with E-state index in [2.05, 4.69) is 13.2 Å². The van der Waals surface area contributed by atoms with E-state index in [-0.39, 0.29) is 39.1 Å². The molecular formula is C15H13BCl2N2O3Y. The molecule has 0 aliphatic heterocycles. The Labute approximate surface area is 176 Å². The maximum Gasteiger partial charge on any atom is 0.307 e. The number of carboxylic acid groups (broad SMARTS) is 1. The van der Waals surface area contributed by atoms with Crippen molar-refractivity contribution in [3.8, 4) is 0 Å². The number of hydrogen-bond acceptors (Lipinski definition) is 3. The monoisotopic (exact) mass is 439 g/mol. The van der Waals surface area contributed by atoms with Crippen LogP contribution in [0.5, 0.6) is 0 Å². The maximum absolute atomic E-state index is 10.8. The molecule has 0 aliphatic rings. The number of aliphatic carboxylic acids is 1. The molecule has 0 atom stereocenters. The number of para-hydroxylation sites is 2. The van der Waals surface area contributed by atoms with Gasteiger partial charge in [0.05, 0.1) is 22.2 Å². The largest absolute Gasteiger partial charge is 0.507 e. The predicted octanol–water partition coefficient (Wildman–Crippen LogP) is 4.01. The Hall–Kier alpha value is -1.07. The second-order valence-electron chi connectivity index (χ2n) is 4.33. The molecule has 0 fully saturated rings. The summed E-state index contributed by atoms with van der Waals surface area (Å²) < 4.78 is 0. The number of carbonyl (C=O) groups is 1. The second kappa shape index (κ2) is 11.5. The first-order valence-electron chi connectivity index (χ1n) is 6.35. The Balaban J connectivity index is 0.000000954. The summed E-state index contributed by atoms with van der Waals surface area (Å²) in [5.74, 6) is -1.72. The Kier molecular flexibility index (Phi) is 11.0. The van der Waals surface area contributed by atoms with E-state index in [0.29, 0.717) is 27.0 Å². The first kappa shape index (κ1) is 22.9. The van der Waals surface area contributed by atoms with Crippen LogP contribution in [0.2, 0.25) is 10.0 Å². The van der Waals surface area contributed by atoms with E-state index in [1.807, 2.05) is 6.07 Å². The van der Waals surface area contributed by atoms with Crippen molar-refractivity contribution < 1.29 is 47.7 Å². The van der Waals surface area contributed by atoms with E-state index >= 15 is 0 Å². The number of anilines is 2. The zero-order chi connectivity index (χ0) is 17.4. The standard InChI is InChI=1S/C14H11Cl2NO2.CH2BNO.Y/c15-10-5-3-6-11(16)14(10)17-12-7-2-1-4-9(12)8-13(18)19;2-1(3)4;/h1-7,17H,8H2,(H,18,19);(H2,3,4);. The fourth-order valence-electron chi connectivity index (χ4n) is 1.71. The smallest absolute Gasteiger partial charge is 0.307 e. The van der Waals surface area contributed by atoms with Gasteiger partial charge in [-0.3, -0.25) is 10.2 Å². The van der Waals surface area contributed by atoms with Gasteiger partial charge in [0.25, 0.3) is 0 Å². The van der Waals surface area contributed by atoms with Gasteiger partial charge >= 0.3 is 5.97 Å². The minimum Gasteiger partial charge on any atom is -0.507 e. The summed E-state index contributed by atoms with van der Waals surface area (Å²) in [6.07, 6.45) is -0.0642. The third kappa shape index (κ3) is 8.15. The van der Waals surface area contributed by atoms with E-state index in [9.17, 15) is 4.79 Å². The molecule has 2 aromatic carbocycles. The molecule has 0 heterocycles. The second-order valence-corrected chi connectivity index (χ2v) is 5.15. The third-order valence-corrected chi connectivity index (χ3v) is 3.21. The van der Waals surface area contributed by atoms with Gasteiger partial charge < -0.3 is 15.5 Å². The average Bonchev–Trinajstić information content (AvgIpc) is 2.43. The van der Waals surface area contributed by atoms with E-state index in [1.165, 1.54) is 0 Å². The molecular weight excluding hydrogens is 427 g/mol. The minimum absolute atomic E-state index is 0. The quantitative estimate of drug-likeness (QED) is 0.329. The molecule has 2 aromatic rings. The fraction of sp³-hybridized carbons (Fsp3) is 0.0667. The van der Waals surface area contributed by atoms with Crippen molar-refractivity contribution >= 4 is 54.2 Å². The molecule has 0 saturated carbocycles. The Morgan fingerprint density at radius 1 is 1.08 bits per heavy atom. The van der Waals surface area contributed by atoms with Crippen molar-refractivity contribution in [2.24, 2.45) is 0 Å². The third-order valence-electron chi connectivity index (χ3n) is 2.58. The van der Waals surface area contributed by atoms with Crippen LogP contribution in [0, 0.1) is 5.41 Å². The van der Waals surface area contributed by atoms with Crippen molar-refractivity contribution in [3.63, 3.8) is 0 Å². The number of hydrogen-bond donors (Lipinski definition) is 4. The van der Waals surface area contributed by atoms with Crippen LogP contribution in [0.15, 0.2) is 42.5 Å². The summed E-state index contributed by atoms with van der Waals surface area (Å²) in [7, 11) is 4.25. The summed E-state index contributed by atoms with van der Waals surface area (Å²) >= 11 is 12.1. The molecule has 9 heteroatoms. The number of benzene rings is 2. The average molecular weight is 440 g/mol. The van der Waals surface area contributed by atoms with Crippen LogP contribution in [0.25, 0.3) is 0 Å². The number of halogens is 2. The first-order valence-corrected chi connectivity index (χ1v) is 7.10. The molecule has 0 amide bonds. The van der Waals surface area contributed by atoms with Crippen molar-refractivity contribution in [1.82, 2.24) is 0 Å². The number of aliphatic hydroxyl groups is 1. The molecule has 0 aliphatic carbocycles. The summed E-state index contributed by atoms with van der Waals surface area (Å²) in [4.78, 5) is 10.8. The van der Waals surface area contributed by atoms with Crippen LogP contribution in [-0.2, 0) is 43.9 Å². The van der Waals surface area contributed by atoms with Gasteiger partial charge in [-0.05, 0) is 23.8 Å². The Morgan fingerprint density at radius 3 is 2.08 bits per heavy atom. The molecule has 0 spiro atoms. The van der Waals surface area contributed by atoms with Crippen LogP contribution in [0.1, 0.15) is 5.56 Å². The topological polar surface area (TPSA) is 93.4 Å². The van der Waals surface area contributed by atoms with Gasteiger partial charge in [-0.25, -0.2) is 0 Å². The van der Waals surface area contributed by atoms with Crippen molar-refractivity contribution in [2.45, 2.75) is 6.42 Å². The van der Waals surface area contributed by atoms with Crippen LogP contribution in [0.4, 0.5) is 11.4 Å². The minimum atomic E-state index is -0.889. The summed E-state index contributed by atoms with van der Waals surface area (Å²) in [5.41, 5.74) is 1.93. The molecule has 0 aromatic heterocycles. The summed E-state index contributed by atoms with van der Waals surface area (Å²) in [5, 5.41) is 26.2. The van der Waals surface area contributed by atoms with Crippen LogP contribution in [0.3, 0.4) is 0 Å². The molecule has 2 rings (SSSR count). The van der Waals surface area contributed by atoms with Gasteiger partial charge in [0, 0.05) is 38.4 Å². The van der Waals surface area contributed by atoms with Gasteiger partial charge in [-0.2, -0.15) is 0 Å². The van der Waals surface area contributed by atoms with E-state index in [4.69, 9.17) is 38.8 Å². The molecule has 4 N–H and O–H groups in total. The molecule has 0 saturated heterocycles. The van der Waals surface area contributed by atoms with Crippen LogP contribution < -0.4 is 5.32 Å². The van der Waals surface area contributed by atoms with Gasteiger partial charge in [0.1, 0.15) is 5.80 Å². The number of rotatable bonds is 4. The number of nitrogens with one attached hydrogen (secondary N) is 2. The van der Waals surface area contributed by atoms with Crippen molar-refractivity contribution in [3.05, 3.63) is 58.1 Å². The van der Waals surface area contributed by atoms with Gasteiger partial charge in [0.15, 0.2) is 7.85 Å². The van der Waals surface area contributed by atoms with E-state index in [0.717, 1.165) is 0 Å². The molecule has 3 radical (unpaired) electrons. The van der Waals surface area contributed by atoms with E-state index in [1.54, 1.807) is 36.4 Å². The van der Waals surface area contributed by atoms with Crippen LogP contribution in [-0.4, -0.2) is 29.8 Å². The van der Waals surface area contributed by atoms with Gasteiger partial charge in [0.2, 0.25) is 0 Å². The maximum atomic E-state index is 10.8. The van der Waals surface area contributed by atoms with Gasteiger partial charge in [-0.1, -0.05) is 47.5 Å². The normalized spacial score (nSPS) is 9.08. The van der Waals surface area contributed by atoms with Crippen molar-refractivity contribution in [1.29, 1.82) is 5.41 Å². The first-order chi connectivity index (χ1) is 10.8. The molecule has 0 unspecified atom stereocenters. The van der Waals surface area contributed by atoms with Crippen molar-refractivity contribution in [2.75, 3.05) is 5.32 Å².